The zero-order valence-electron chi connectivity index (χ0n) is 16.8. The maximum atomic E-state index is 11.5. The topological polar surface area (TPSA) is 77.5 Å². The Balaban J connectivity index is 1.40. The number of fused-ring (bicyclic) bond motifs is 2. The minimum Gasteiger partial charge on any atom is -0.383 e. The Morgan fingerprint density at radius 1 is 1.03 bits per heavy atom. The van der Waals surface area contributed by atoms with Crippen molar-refractivity contribution < 1.29 is 8.98 Å². The fraction of sp³-hybridized carbons (Fsp3) is 0.0909. The molecule has 5 aromatic rings. The second-order valence-electron chi connectivity index (χ2n) is 6.94. The Morgan fingerprint density at radius 2 is 1.87 bits per heavy atom. The third kappa shape index (κ3) is 3.59. The van der Waals surface area contributed by atoms with Gasteiger partial charge in [-0.3, -0.25) is 14.2 Å². The summed E-state index contributed by atoms with van der Waals surface area (Å²) in [6.45, 7) is 1.56. The van der Waals surface area contributed by atoms with Crippen LogP contribution in [-0.4, -0.2) is 37.1 Å². The molecule has 0 radical (unpaired) electrons. The van der Waals surface area contributed by atoms with Crippen LogP contribution in [0.5, 0.6) is 5.88 Å². The summed E-state index contributed by atoms with van der Waals surface area (Å²) in [6, 6.07) is 15.3. The highest BCUT2D eigenvalue weighted by molar-refractivity contribution is 7.96. The number of hydrogen-bond donors (Lipinski definition) is 0. The van der Waals surface area contributed by atoms with E-state index < -0.39 is 0 Å². The van der Waals surface area contributed by atoms with Crippen molar-refractivity contribution in [3.8, 4) is 17.0 Å². The molecule has 0 unspecified atom stereocenters. The molecule has 0 aliphatic rings. The van der Waals surface area contributed by atoms with Gasteiger partial charge in [-0.15, -0.1) is 0 Å². The molecule has 9 heteroatoms. The minimum absolute atomic E-state index is 0.0443. The van der Waals surface area contributed by atoms with Gasteiger partial charge in [-0.2, -0.15) is 9.89 Å². The van der Waals surface area contributed by atoms with Gasteiger partial charge in [0.2, 0.25) is 5.88 Å². The highest BCUT2D eigenvalue weighted by atomic mass is 32.2. The molecule has 0 saturated heterocycles. The summed E-state index contributed by atoms with van der Waals surface area (Å²) in [5, 5.41) is 4.44. The first-order chi connectivity index (χ1) is 15.1. The normalized spacial score (nSPS) is 11.2. The van der Waals surface area contributed by atoms with Gasteiger partial charge >= 0.3 is 0 Å². The molecule has 31 heavy (non-hydrogen) atoms. The Bertz CT molecular complexity index is 1390. The lowest BCUT2D eigenvalue weighted by atomic mass is 10.0. The molecule has 0 aliphatic carbocycles. The van der Waals surface area contributed by atoms with E-state index in [9.17, 15) is 4.79 Å². The summed E-state index contributed by atoms with van der Waals surface area (Å²) in [5.41, 5.74) is 5.02. The third-order valence-corrected chi connectivity index (χ3v) is 5.52. The average molecular weight is 430 g/mol. The first-order valence-electron chi connectivity index (χ1n) is 9.56. The van der Waals surface area contributed by atoms with E-state index in [0.29, 0.717) is 11.4 Å². The van der Waals surface area contributed by atoms with Crippen LogP contribution in [0.3, 0.4) is 0 Å². The molecule has 1 aromatic carbocycles. The SMILES string of the molecule is CC(=O)c1ccc(-c2cnc3cnn(N(C)SOc4cnc5ccccn45)c3c2)cc1. The molecule has 0 saturated carbocycles. The molecule has 4 aromatic heterocycles. The number of carbonyl (C=O) groups is 1. The smallest absolute Gasteiger partial charge is 0.235 e. The lowest BCUT2D eigenvalue weighted by molar-refractivity contribution is 0.101. The van der Waals surface area contributed by atoms with Gasteiger partial charge in [0.05, 0.1) is 12.4 Å². The number of pyridine rings is 2. The summed E-state index contributed by atoms with van der Waals surface area (Å²) in [7, 11) is 1.86. The lowest BCUT2D eigenvalue weighted by Gasteiger charge is -2.17. The van der Waals surface area contributed by atoms with Gasteiger partial charge in [0.1, 0.15) is 16.7 Å². The highest BCUT2D eigenvalue weighted by Crippen LogP contribution is 2.25. The van der Waals surface area contributed by atoms with Crippen LogP contribution in [0.1, 0.15) is 17.3 Å². The van der Waals surface area contributed by atoms with Crippen molar-refractivity contribution in [2.45, 2.75) is 6.92 Å². The van der Waals surface area contributed by atoms with Crippen molar-refractivity contribution >= 4 is 34.7 Å². The van der Waals surface area contributed by atoms with Crippen LogP contribution in [0, 0.1) is 0 Å². The molecule has 0 amide bonds. The summed E-state index contributed by atoms with van der Waals surface area (Å²) in [4.78, 5) is 22.1. The Labute approximate surface area is 182 Å². The lowest BCUT2D eigenvalue weighted by Crippen LogP contribution is -2.24. The number of imidazole rings is 1. The molecular formula is C22H18N6O2S. The molecule has 4 heterocycles. The summed E-state index contributed by atoms with van der Waals surface area (Å²) in [5.74, 6) is 0.663. The number of carbonyl (C=O) groups excluding carboxylic acids is 1. The van der Waals surface area contributed by atoms with Crippen LogP contribution >= 0.6 is 12.2 Å². The van der Waals surface area contributed by atoms with Gasteiger partial charge in [0.25, 0.3) is 0 Å². The monoisotopic (exact) mass is 430 g/mol. The van der Waals surface area contributed by atoms with Crippen molar-refractivity contribution in [2.75, 3.05) is 11.5 Å². The van der Waals surface area contributed by atoms with Gasteiger partial charge in [0, 0.05) is 30.6 Å². The summed E-state index contributed by atoms with van der Waals surface area (Å²) in [6.07, 6.45) is 7.10. The fourth-order valence-corrected chi connectivity index (χ4v) is 3.77. The molecule has 0 fully saturated rings. The largest absolute Gasteiger partial charge is 0.383 e. The Morgan fingerprint density at radius 3 is 2.68 bits per heavy atom. The first-order valence-corrected chi connectivity index (χ1v) is 10.3. The van der Waals surface area contributed by atoms with Gasteiger partial charge < -0.3 is 4.18 Å². The number of hydrogen-bond acceptors (Lipinski definition) is 7. The van der Waals surface area contributed by atoms with Crippen molar-refractivity contribution in [2.24, 2.45) is 0 Å². The van der Waals surface area contributed by atoms with Crippen LogP contribution in [-0.2, 0) is 0 Å². The zero-order valence-corrected chi connectivity index (χ0v) is 17.7. The Hall–Kier alpha value is -3.85. The number of Topliss-reactive ketones (excluding diaryl/α,β-unsaturated/α-hetero) is 1. The molecule has 8 nitrogen and oxygen atoms in total. The third-order valence-electron chi connectivity index (χ3n) is 4.91. The van der Waals surface area contributed by atoms with Gasteiger partial charge in [-0.05, 0) is 30.7 Å². The van der Waals surface area contributed by atoms with E-state index in [-0.39, 0.29) is 5.78 Å². The quantitative estimate of drug-likeness (QED) is 0.227. The first kappa shape index (κ1) is 19.1. The van der Waals surface area contributed by atoms with Crippen LogP contribution in [0.15, 0.2) is 73.3 Å². The summed E-state index contributed by atoms with van der Waals surface area (Å²) >= 11 is 1.14. The zero-order chi connectivity index (χ0) is 21.4. The van der Waals surface area contributed by atoms with Crippen molar-refractivity contribution in [3.05, 3.63) is 78.9 Å². The van der Waals surface area contributed by atoms with Gasteiger partial charge in [-0.25, -0.2) is 9.40 Å². The molecule has 0 atom stereocenters. The number of nitrogens with zero attached hydrogens (tertiary/aromatic N) is 6. The molecular weight excluding hydrogens is 412 g/mol. The number of rotatable bonds is 6. The molecule has 0 bridgehead atoms. The standard InChI is InChI=1S/C22H18N6O2S/c1-15(29)16-6-8-17(9-7-16)18-11-20-19(23-12-18)13-25-28(20)26(2)31-30-22-14-24-21-5-3-4-10-27(21)22/h3-14H,1-2H3. The maximum Gasteiger partial charge on any atom is 0.235 e. The Kier molecular flexibility index (Phi) is 4.79. The average Bonchev–Trinajstić information content (AvgIpc) is 3.41. The van der Waals surface area contributed by atoms with E-state index in [0.717, 1.165) is 40.0 Å². The van der Waals surface area contributed by atoms with Gasteiger partial charge in [0.15, 0.2) is 18.0 Å². The van der Waals surface area contributed by atoms with Crippen molar-refractivity contribution in [1.29, 1.82) is 0 Å². The molecule has 0 aliphatic heterocycles. The van der Waals surface area contributed by atoms with Crippen molar-refractivity contribution in [1.82, 2.24) is 24.3 Å². The number of ketones is 1. The fourth-order valence-electron chi connectivity index (χ4n) is 3.27. The highest BCUT2D eigenvalue weighted by Gasteiger charge is 2.13. The predicted molar refractivity (Wildman–Crippen MR) is 121 cm³/mol. The van der Waals surface area contributed by atoms with Crippen LogP contribution in [0.2, 0.25) is 0 Å². The molecule has 5 rings (SSSR count). The van der Waals surface area contributed by atoms with Crippen LogP contribution < -0.4 is 8.60 Å². The van der Waals surface area contributed by atoms with Crippen LogP contribution in [0.25, 0.3) is 27.8 Å². The van der Waals surface area contributed by atoms with E-state index in [1.165, 1.54) is 0 Å². The number of benzene rings is 1. The second-order valence-corrected chi connectivity index (χ2v) is 7.79. The van der Waals surface area contributed by atoms with E-state index >= 15 is 0 Å². The van der Waals surface area contributed by atoms with E-state index in [1.807, 2.05) is 66.2 Å². The van der Waals surface area contributed by atoms with Gasteiger partial charge in [-0.1, -0.05) is 30.3 Å². The van der Waals surface area contributed by atoms with E-state index in [2.05, 4.69) is 15.1 Å². The predicted octanol–water partition coefficient (Wildman–Crippen LogP) is 4.16. The molecule has 154 valence electrons. The van der Waals surface area contributed by atoms with Crippen molar-refractivity contribution in [3.63, 3.8) is 0 Å². The maximum absolute atomic E-state index is 11.5. The minimum atomic E-state index is 0.0443. The molecule has 0 N–H and O–H groups in total. The van der Waals surface area contributed by atoms with E-state index in [4.69, 9.17) is 4.18 Å². The summed E-state index contributed by atoms with van der Waals surface area (Å²) < 4.78 is 9.51. The van der Waals surface area contributed by atoms with E-state index in [1.54, 1.807) is 34.7 Å². The number of aromatic nitrogens is 5. The molecule has 0 spiro atoms. The van der Waals surface area contributed by atoms with Crippen LogP contribution in [0.4, 0.5) is 0 Å². The second kappa shape index (κ2) is 7.77.